The fourth-order valence-electron chi connectivity index (χ4n) is 3.12. The van der Waals surface area contributed by atoms with Crippen LogP contribution in [0.3, 0.4) is 0 Å². The van der Waals surface area contributed by atoms with Gasteiger partial charge in [0, 0.05) is 12.2 Å². The Morgan fingerprint density at radius 2 is 1.23 bits per heavy atom. The first-order valence-electron chi connectivity index (χ1n) is 9.00. The lowest BCUT2D eigenvalue weighted by Crippen LogP contribution is -2.51. The van der Waals surface area contributed by atoms with Crippen LogP contribution in [0.5, 0.6) is 0 Å². The molecule has 132 valence electrons. The zero-order valence-electron chi connectivity index (χ0n) is 15.0. The van der Waals surface area contributed by atoms with Crippen molar-refractivity contribution in [1.29, 1.82) is 0 Å². The first kappa shape index (κ1) is 17.7. The van der Waals surface area contributed by atoms with Gasteiger partial charge in [0.2, 0.25) is 0 Å². The monoisotopic (exact) mass is 344 g/mol. The van der Waals surface area contributed by atoms with Gasteiger partial charge < -0.3 is 10.6 Å². The van der Waals surface area contributed by atoms with E-state index in [-0.39, 0.29) is 5.91 Å². The standard InChI is InChI=1S/C23H24N2O/c1-2-18-24-22(26)23(19-12-6-3-7-13-19,20-14-8-4-9-15-20)25-21-16-10-5-11-17-21/h3-17,25H,2,18H2,1H3,(H,24,26). The van der Waals surface area contributed by atoms with Gasteiger partial charge in [-0.25, -0.2) is 0 Å². The van der Waals surface area contributed by atoms with E-state index in [9.17, 15) is 4.79 Å². The van der Waals surface area contributed by atoms with Crippen molar-refractivity contribution in [3.8, 4) is 0 Å². The van der Waals surface area contributed by atoms with Crippen molar-refractivity contribution in [2.24, 2.45) is 0 Å². The van der Waals surface area contributed by atoms with Crippen LogP contribution in [0, 0.1) is 0 Å². The summed E-state index contributed by atoms with van der Waals surface area (Å²) in [7, 11) is 0. The molecular formula is C23H24N2O. The number of amides is 1. The van der Waals surface area contributed by atoms with Crippen LogP contribution in [0.1, 0.15) is 24.5 Å². The average Bonchev–Trinajstić information content (AvgIpc) is 2.72. The molecule has 0 aliphatic rings. The molecule has 3 aromatic rings. The van der Waals surface area contributed by atoms with Crippen LogP contribution < -0.4 is 10.6 Å². The van der Waals surface area contributed by atoms with E-state index < -0.39 is 5.54 Å². The molecule has 0 aliphatic carbocycles. The van der Waals surface area contributed by atoms with E-state index in [0.29, 0.717) is 6.54 Å². The van der Waals surface area contributed by atoms with Gasteiger partial charge in [0.15, 0.2) is 5.54 Å². The average molecular weight is 344 g/mol. The molecule has 0 aromatic heterocycles. The van der Waals surface area contributed by atoms with Crippen LogP contribution >= 0.6 is 0 Å². The molecule has 2 N–H and O–H groups in total. The van der Waals surface area contributed by atoms with Gasteiger partial charge in [-0.1, -0.05) is 85.8 Å². The number of benzene rings is 3. The van der Waals surface area contributed by atoms with Gasteiger partial charge in [-0.05, 0) is 29.7 Å². The van der Waals surface area contributed by atoms with Crippen LogP contribution in [-0.2, 0) is 10.3 Å². The van der Waals surface area contributed by atoms with E-state index in [0.717, 1.165) is 23.2 Å². The summed E-state index contributed by atoms with van der Waals surface area (Å²) in [6.45, 7) is 2.69. The molecule has 0 saturated carbocycles. The largest absolute Gasteiger partial charge is 0.364 e. The van der Waals surface area contributed by atoms with Crippen LogP contribution in [0.15, 0.2) is 91.0 Å². The van der Waals surface area contributed by atoms with Gasteiger partial charge in [0.1, 0.15) is 0 Å². The Balaban J connectivity index is 2.18. The molecule has 0 heterocycles. The smallest absolute Gasteiger partial charge is 0.255 e. The highest BCUT2D eigenvalue weighted by atomic mass is 16.2. The Labute approximate surface area is 155 Å². The van der Waals surface area contributed by atoms with Crippen molar-refractivity contribution < 1.29 is 4.79 Å². The van der Waals surface area contributed by atoms with Gasteiger partial charge in [-0.3, -0.25) is 4.79 Å². The summed E-state index contributed by atoms with van der Waals surface area (Å²) in [4.78, 5) is 13.5. The molecule has 0 unspecified atom stereocenters. The number of hydrogen-bond acceptors (Lipinski definition) is 2. The molecule has 26 heavy (non-hydrogen) atoms. The molecule has 0 atom stereocenters. The number of anilines is 1. The van der Waals surface area contributed by atoms with Crippen molar-refractivity contribution in [2.75, 3.05) is 11.9 Å². The second-order valence-corrected chi connectivity index (χ2v) is 6.23. The molecule has 3 nitrogen and oxygen atoms in total. The predicted molar refractivity (Wildman–Crippen MR) is 107 cm³/mol. The molecule has 3 heteroatoms. The van der Waals surface area contributed by atoms with Gasteiger partial charge in [0.05, 0.1) is 0 Å². The number of carbonyl (C=O) groups is 1. The zero-order chi connectivity index (χ0) is 18.2. The third kappa shape index (κ3) is 3.62. The summed E-state index contributed by atoms with van der Waals surface area (Å²) in [5.74, 6) is -0.0550. The van der Waals surface area contributed by atoms with E-state index >= 15 is 0 Å². The van der Waals surface area contributed by atoms with E-state index in [1.165, 1.54) is 0 Å². The third-order valence-electron chi connectivity index (χ3n) is 4.40. The highest BCUT2D eigenvalue weighted by molar-refractivity contribution is 5.94. The summed E-state index contributed by atoms with van der Waals surface area (Å²) < 4.78 is 0. The molecule has 0 aliphatic heterocycles. The van der Waals surface area contributed by atoms with Crippen LogP contribution in [0.4, 0.5) is 5.69 Å². The summed E-state index contributed by atoms with van der Waals surface area (Å²) in [6, 6.07) is 29.6. The van der Waals surface area contributed by atoms with Gasteiger partial charge >= 0.3 is 0 Å². The van der Waals surface area contributed by atoms with Crippen molar-refractivity contribution in [3.63, 3.8) is 0 Å². The number of rotatable bonds is 7. The lowest BCUT2D eigenvalue weighted by atomic mass is 9.81. The van der Waals surface area contributed by atoms with Crippen molar-refractivity contribution in [2.45, 2.75) is 18.9 Å². The summed E-state index contributed by atoms with van der Waals surface area (Å²) >= 11 is 0. The summed E-state index contributed by atoms with van der Waals surface area (Å²) in [6.07, 6.45) is 0.886. The summed E-state index contributed by atoms with van der Waals surface area (Å²) in [5, 5.41) is 6.61. The number of nitrogens with one attached hydrogen (secondary N) is 2. The quantitative estimate of drug-likeness (QED) is 0.659. The fourth-order valence-corrected chi connectivity index (χ4v) is 3.12. The van der Waals surface area contributed by atoms with Crippen molar-refractivity contribution >= 4 is 11.6 Å². The molecule has 3 rings (SSSR count). The maximum absolute atomic E-state index is 13.5. The van der Waals surface area contributed by atoms with E-state index in [1.54, 1.807) is 0 Å². The highest BCUT2D eigenvalue weighted by Crippen LogP contribution is 2.34. The molecular weight excluding hydrogens is 320 g/mol. The SMILES string of the molecule is CCCNC(=O)C(Nc1ccccc1)(c1ccccc1)c1ccccc1. The number of hydrogen-bond donors (Lipinski definition) is 2. The Kier molecular flexibility index (Phi) is 5.69. The molecule has 3 aromatic carbocycles. The molecule has 0 saturated heterocycles. The normalized spacial score (nSPS) is 11.0. The Morgan fingerprint density at radius 3 is 1.69 bits per heavy atom. The molecule has 1 amide bonds. The van der Waals surface area contributed by atoms with Crippen molar-refractivity contribution in [1.82, 2.24) is 5.32 Å². The maximum atomic E-state index is 13.5. The Bertz CT molecular complexity index is 777. The van der Waals surface area contributed by atoms with E-state index in [1.807, 2.05) is 91.0 Å². The van der Waals surface area contributed by atoms with Gasteiger partial charge in [-0.2, -0.15) is 0 Å². The molecule has 0 spiro atoms. The minimum atomic E-state index is -1.00. The first-order chi connectivity index (χ1) is 12.8. The van der Waals surface area contributed by atoms with Gasteiger partial charge in [-0.15, -0.1) is 0 Å². The van der Waals surface area contributed by atoms with Crippen LogP contribution in [0.25, 0.3) is 0 Å². The van der Waals surface area contributed by atoms with Gasteiger partial charge in [0.25, 0.3) is 5.91 Å². The third-order valence-corrected chi connectivity index (χ3v) is 4.40. The van der Waals surface area contributed by atoms with E-state index in [2.05, 4.69) is 17.6 Å². The zero-order valence-corrected chi connectivity index (χ0v) is 15.0. The van der Waals surface area contributed by atoms with Crippen LogP contribution in [0.2, 0.25) is 0 Å². The lowest BCUT2D eigenvalue weighted by molar-refractivity contribution is -0.124. The lowest BCUT2D eigenvalue weighted by Gasteiger charge is -2.35. The molecule has 0 bridgehead atoms. The second kappa shape index (κ2) is 8.34. The second-order valence-electron chi connectivity index (χ2n) is 6.23. The summed E-state index contributed by atoms with van der Waals surface area (Å²) in [5.41, 5.74) is 1.71. The topological polar surface area (TPSA) is 41.1 Å². The molecule has 0 fully saturated rings. The predicted octanol–water partition coefficient (Wildman–Crippen LogP) is 4.57. The number of para-hydroxylation sites is 1. The maximum Gasteiger partial charge on any atom is 0.255 e. The van der Waals surface area contributed by atoms with Crippen LogP contribution in [-0.4, -0.2) is 12.5 Å². The fraction of sp³-hybridized carbons (Fsp3) is 0.174. The number of carbonyl (C=O) groups excluding carboxylic acids is 1. The minimum absolute atomic E-state index is 0.0550. The van der Waals surface area contributed by atoms with E-state index in [4.69, 9.17) is 0 Å². The van der Waals surface area contributed by atoms with Crippen molar-refractivity contribution in [3.05, 3.63) is 102 Å². The Morgan fingerprint density at radius 1 is 0.769 bits per heavy atom. The molecule has 0 radical (unpaired) electrons. The first-order valence-corrected chi connectivity index (χ1v) is 9.00. The minimum Gasteiger partial charge on any atom is -0.364 e. The highest BCUT2D eigenvalue weighted by Gasteiger charge is 2.41. The Hall–Kier alpha value is -3.07.